The molecule has 116 valence electrons. The van der Waals surface area contributed by atoms with Crippen LogP contribution in [0.2, 0.25) is 5.02 Å². The Labute approximate surface area is 136 Å². The third kappa shape index (κ3) is 4.47. The second-order valence-electron chi connectivity index (χ2n) is 5.49. The molecule has 0 aromatic heterocycles. The minimum atomic E-state index is 0.0346. The third-order valence-corrected chi connectivity index (χ3v) is 3.93. The number of nitrogens with zero attached hydrogens (tertiary/aromatic N) is 1. The third-order valence-electron chi connectivity index (χ3n) is 3.68. The fourth-order valence-corrected chi connectivity index (χ4v) is 2.73. The first-order valence-electron chi connectivity index (χ1n) is 7.56. The highest BCUT2D eigenvalue weighted by Crippen LogP contribution is 2.18. The standard InChI is InChI=1S/C18H20ClNO2/c19-16-6-8-17(9-7-16)22-18-13-20(10-11-21-14-18)12-15-4-2-1-3-5-15/h1-9,18H,10-14H2. The summed E-state index contributed by atoms with van der Waals surface area (Å²) in [5.74, 6) is 0.833. The first kappa shape index (κ1) is 15.3. The lowest BCUT2D eigenvalue weighted by molar-refractivity contribution is 0.0710. The van der Waals surface area contributed by atoms with Crippen molar-refractivity contribution >= 4 is 11.6 Å². The smallest absolute Gasteiger partial charge is 0.135 e. The van der Waals surface area contributed by atoms with Gasteiger partial charge in [-0.05, 0) is 29.8 Å². The molecule has 0 spiro atoms. The van der Waals surface area contributed by atoms with E-state index < -0.39 is 0 Å². The summed E-state index contributed by atoms with van der Waals surface area (Å²) in [6.07, 6.45) is 0.0346. The Morgan fingerprint density at radius 3 is 2.64 bits per heavy atom. The molecule has 1 unspecified atom stereocenters. The quantitative estimate of drug-likeness (QED) is 0.859. The van der Waals surface area contributed by atoms with E-state index in [1.54, 1.807) is 0 Å². The molecule has 2 aromatic rings. The van der Waals surface area contributed by atoms with Crippen molar-refractivity contribution in [1.29, 1.82) is 0 Å². The summed E-state index contributed by atoms with van der Waals surface area (Å²) >= 11 is 5.91. The van der Waals surface area contributed by atoms with Gasteiger partial charge in [-0.25, -0.2) is 0 Å². The molecule has 0 N–H and O–H groups in total. The fourth-order valence-electron chi connectivity index (χ4n) is 2.60. The molecule has 0 saturated carbocycles. The second kappa shape index (κ2) is 7.63. The van der Waals surface area contributed by atoms with Crippen LogP contribution in [-0.4, -0.2) is 37.3 Å². The van der Waals surface area contributed by atoms with Crippen molar-refractivity contribution in [2.45, 2.75) is 12.6 Å². The Morgan fingerprint density at radius 1 is 1.09 bits per heavy atom. The lowest BCUT2D eigenvalue weighted by Crippen LogP contribution is -2.35. The molecule has 4 heteroatoms. The first-order valence-corrected chi connectivity index (χ1v) is 7.93. The number of benzene rings is 2. The molecule has 1 atom stereocenters. The fraction of sp³-hybridized carbons (Fsp3) is 0.333. The molecule has 0 amide bonds. The van der Waals surface area contributed by atoms with Gasteiger partial charge in [0.15, 0.2) is 0 Å². The summed E-state index contributed by atoms with van der Waals surface area (Å²) in [6.45, 7) is 4.07. The van der Waals surface area contributed by atoms with Crippen LogP contribution in [0.3, 0.4) is 0 Å². The van der Waals surface area contributed by atoms with Gasteiger partial charge in [-0.2, -0.15) is 0 Å². The average Bonchev–Trinajstić information content (AvgIpc) is 2.76. The van der Waals surface area contributed by atoms with Crippen molar-refractivity contribution < 1.29 is 9.47 Å². The number of ether oxygens (including phenoxy) is 2. The van der Waals surface area contributed by atoms with Gasteiger partial charge in [0.2, 0.25) is 0 Å². The predicted molar refractivity (Wildman–Crippen MR) is 88.4 cm³/mol. The topological polar surface area (TPSA) is 21.7 Å². The van der Waals surface area contributed by atoms with E-state index >= 15 is 0 Å². The second-order valence-corrected chi connectivity index (χ2v) is 5.93. The van der Waals surface area contributed by atoms with Crippen molar-refractivity contribution in [3.8, 4) is 5.75 Å². The average molecular weight is 318 g/mol. The summed E-state index contributed by atoms with van der Waals surface area (Å²) in [7, 11) is 0. The minimum Gasteiger partial charge on any atom is -0.487 e. The Kier molecular flexibility index (Phi) is 5.33. The van der Waals surface area contributed by atoms with Crippen molar-refractivity contribution in [2.24, 2.45) is 0 Å². The minimum absolute atomic E-state index is 0.0346. The summed E-state index contributed by atoms with van der Waals surface area (Å²) in [6, 6.07) is 18.0. The van der Waals surface area contributed by atoms with Crippen LogP contribution in [0.25, 0.3) is 0 Å². The lowest BCUT2D eigenvalue weighted by Gasteiger charge is -2.24. The van der Waals surface area contributed by atoms with Crippen molar-refractivity contribution in [3.05, 3.63) is 65.2 Å². The Hall–Kier alpha value is -1.55. The summed E-state index contributed by atoms with van der Waals surface area (Å²) in [5, 5.41) is 0.718. The zero-order valence-corrected chi connectivity index (χ0v) is 13.2. The van der Waals surface area contributed by atoms with Crippen LogP contribution in [0, 0.1) is 0 Å². The van der Waals surface area contributed by atoms with Crippen LogP contribution < -0.4 is 4.74 Å². The zero-order chi connectivity index (χ0) is 15.2. The van der Waals surface area contributed by atoms with Gasteiger partial charge in [-0.1, -0.05) is 41.9 Å². The predicted octanol–water partition coefficient (Wildman–Crippen LogP) is 3.62. The molecule has 0 bridgehead atoms. The molecule has 1 aliphatic heterocycles. The van der Waals surface area contributed by atoms with Gasteiger partial charge >= 0.3 is 0 Å². The van der Waals surface area contributed by atoms with Crippen LogP contribution >= 0.6 is 11.6 Å². The van der Waals surface area contributed by atoms with Crippen LogP contribution in [0.15, 0.2) is 54.6 Å². The van der Waals surface area contributed by atoms with Gasteiger partial charge in [-0.15, -0.1) is 0 Å². The first-order chi connectivity index (χ1) is 10.8. The van der Waals surface area contributed by atoms with Crippen LogP contribution in [0.4, 0.5) is 0 Å². The van der Waals surface area contributed by atoms with E-state index in [-0.39, 0.29) is 6.10 Å². The molecule has 0 radical (unpaired) electrons. The maximum Gasteiger partial charge on any atom is 0.135 e. The number of halogens is 1. The zero-order valence-electron chi connectivity index (χ0n) is 12.5. The summed E-state index contributed by atoms with van der Waals surface area (Å²) in [5.41, 5.74) is 1.31. The SMILES string of the molecule is Clc1ccc(OC2COCCN(Cc3ccccc3)C2)cc1. The van der Waals surface area contributed by atoms with Crippen molar-refractivity contribution in [1.82, 2.24) is 4.90 Å². The molecule has 3 rings (SSSR count). The Morgan fingerprint density at radius 2 is 1.86 bits per heavy atom. The number of rotatable bonds is 4. The van der Waals surface area contributed by atoms with Crippen molar-refractivity contribution in [3.63, 3.8) is 0 Å². The van der Waals surface area contributed by atoms with E-state index in [4.69, 9.17) is 21.1 Å². The molecule has 22 heavy (non-hydrogen) atoms. The van der Waals surface area contributed by atoms with Gasteiger partial charge in [0.05, 0.1) is 13.2 Å². The molecule has 1 aliphatic rings. The molecule has 1 heterocycles. The normalized spacial score (nSPS) is 19.6. The molecular weight excluding hydrogens is 298 g/mol. The molecule has 3 nitrogen and oxygen atoms in total. The summed E-state index contributed by atoms with van der Waals surface area (Å²) in [4.78, 5) is 2.38. The molecule has 2 aromatic carbocycles. The van der Waals surface area contributed by atoms with E-state index in [9.17, 15) is 0 Å². The lowest BCUT2D eigenvalue weighted by atomic mass is 10.2. The van der Waals surface area contributed by atoms with Crippen LogP contribution in [0.1, 0.15) is 5.56 Å². The van der Waals surface area contributed by atoms with Gasteiger partial charge < -0.3 is 9.47 Å². The molecule has 1 saturated heterocycles. The maximum absolute atomic E-state index is 6.03. The number of hydrogen-bond acceptors (Lipinski definition) is 3. The Balaban J connectivity index is 1.61. The summed E-state index contributed by atoms with van der Waals surface area (Å²) < 4.78 is 11.7. The highest BCUT2D eigenvalue weighted by atomic mass is 35.5. The highest BCUT2D eigenvalue weighted by Gasteiger charge is 2.20. The maximum atomic E-state index is 6.03. The largest absolute Gasteiger partial charge is 0.487 e. The number of hydrogen-bond donors (Lipinski definition) is 0. The molecule has 0 aliphatic carbocycles. The van der Waals surface area contributed by atoms with E-state index in [2.05, 4.69) is 29.2 Å². The molecular formula is C18H20ClNO2. The monoisotopic (exact) mass is 317 g/mol. The van der Waals surface area contributed by atoms with Gasteiger partial charge in [0, 0.05) is 24.7 Å². The Bertz CT molecular complexity index is 573. The van der Waals surface area contributed by atoms with E-state index in [1.165, 1.54) is 5.56 Å². The van der Waals surface area contributed by atoms with Crippen LogP contribution in [-0.2, 0) is 11.3 Å². The highest BCUT2D eigenvalue weighted by molar-refractivity contribution is 6.30. The van der Waals surface area contributed by atoms with Crippen LogP contribution in [0.5, 0.6) is 5.75 Å². The van der Waals surface area contributed by atoms with E-state index in [0.29, 0.717) is 6.61 Å². The van der Waals surface area contributed by atoms with Gasteiger partial charge in [0.1, 0.15) is 11.9 Å². The van der Waals surface area contributed by atoms with Gasteiger partial charge in [0.25, 0.3) is 0 Å². The van der Waals surface area contributed by atoms with E-state index in [0.717, 1.165) is 37.0 Å². The molecule has 1 fully saturated rings. The van der Waals surface area contributed by atoms with E-state index in [1.807, 2.05) is 30.3 Å². The van der Waals surface area contributed by atoms with Crippen molar-refractivity contribution in [2.75, 3.05) is 26.3 Å². The van der Waals surface area contributed by atoms with Gasteiger partial charge in [-0.3, -0.25) is 4.90 Å².